The SMILES string of the molecule is O=C(O)c1cc(O)c(O)c(O[C@@H]2O[C@H](COC(=O)c3cc(O)c(O)c(O)c3)[C@@H](O)[C@@H](O)[C@H]2O)c1. The van der Waals surface area contributed by atoms with Crippen molar-refractivity contribution < 1.29 is 69.8 Å². The van der Waals surface area contributed by atoms with E-state index in [0.29, 0.717) is 0 Å². The summed E-state index contributed by atoms with van der Waals surface area (Å²) < 4.78 is 15.4. The van der Waals surface area contributed by atoms with Gasteiger partial charge >= 0.3 is 11.9 Å². The summed E-state index contributed by atoms with van der Waals surface area (Å²) in [6, 6.07) is 3.14. The topological polar surface area (TPSA) is 244 Å². The van der Waals surface area contributed by atoms with Crippen LogP contribution in [-0.2, 0) is 9.47 Å². The minimum Gasteiger partial charge on any atom is -0.504 e. The van der Waals surface area contributed by atoms with Gasteiger partial charge < -0.3 is 60.2 Å². The number of carboxylic acid groups (broad SMARTS) is 1. The number of phenols is 5. The zero-order chi connectivity index (χ0) is 25.3. The van der Waals surface area contributed by atoms with E-state index in [2.05, 4.69) is 0 Å². The highest BCUT2D eigenvalue weighted by molar-refractivity contribution is 5.91. The normalized spacial score (nSPS) is 24.4. The second kappa shape index (κ2) is 9.48. The van der Waals surface area contributed by atoms with Crippen molar-refractivity contribution >= 4 is 11.9 Å². The van der Waals surface area contributed by atoms with E-state index in [1.165, 1.54) is 0 Å². The van der Waals surface area contributed by atoms with Crippen molar-refractivity contribution in [3.63, 3.8) is 0 Å². The zero-order valence-corrected chi connectivity index (χ0v) is 17.0. The van der Waals surface area contributed by atoms with E-state index < -0.39 is 89.3 Å². The van der Waals surface area contributed by atoms with E-state index in [9.17, 15) is 50.4 Å². The van der Waals surface area contributed by atoms with Crippen LogP contribution in [0.5, 0.6) is 34.5 Å². The number of carbonyl (C=O) groups excluding carboxylic acids is 1. The number of aromatic carboxylic acids is 1. The Morgan fingerprint density at radius 2 is 1.35 bits per heavy atom. The molecule has 0 bridgehead atoms. The van der Waals surface area contributed by atoms with Gasteiger partial charge in [0, 0.05) is 0 Å². The molecular formula is C20H20O14. The average molecular weight is 484 g/mol. The molecule has 0 unspecified atom stereocenters. The van der Waals surface area contributed by atoms with Crippen LogP contribution < -0.4 is 4.74 Å². The minimum atomic E-state index is -1.91. The maximum Gasteiger partial charge on any atom is 0.338 e. The maximum absolute atomic E-state index is 12.2. The third-order valence-corrected chi connectivity index (χ3v) is 4.90. The van der Waals surface area contributed by atoms with Gasteiger partial charge in [0.15, 0.2) is 28.7 Å². The summed E-state index contributed by atoms with van der Waals surface area (Å²) in [7, 11) is 0. The molecule has 14 heteroatoms. The number of ether oxygens (including phenoxy) is 3. The highest BCUT2D eigenvalue weighted by atomic mass is 16.7. The van der Waals surface area contributed by atoms with Crippen molar-refractivity contribution in [1.29, 1.82) is 0 Å². The van der Waals surface area contributed by atoms with E-state index in [0.717, 1.165) is 24.3 Å². The maximum atomic E-state index is 12.2. The fourth-order valence-corrected chi connectivity index (χ4v) is 3.05. The number of benzene rings is 2. The van der Waals surface area contributed by atoms with Crippen LogP contribution in [0.2, 0.25) is 0 Å². The molecule has 1 aliphatic rings. The Morgan fingerprint density at radius 3 is 1.94 bits per heavy atom. The van der Waals surface area contributed by atoms with Crippen molar-refractivity contribution in [3.8, 4) is 34.5 Å². The molecule has 184 valence electrons. The van der Waals surface area contributed by atoms with Crippen LogP contribution in [0.4, 0.5) is 0 Å². The molecule has 0 amide bonds. The molecule has 0 spiro atoms. The minimum absolute atomic E-state index is 0.377. The second-order valence-corrected chi connectivity index (χ2v) is 7.24. The Kier molecular flexibility index (Phi) is 6.88. The van der Waals surface area contributed by atoms with E-state index in [-0.39, 0.29) is 5.56 Å². The summed E-state index contributed by atoms with van der Waals surface area (Å²) in [6.07, 6.45) is -8.94. The Hall–Kier alpha value is -3.98. The molecule has 1 saturated heterocycles. The number of rotatable bonds is 6. The van der Waals surface area contributed by atoms with Crippen LogP contribution in [0.3, 0.4) is 0 Å². The number of hydrogen-bond donors (Lipinski definition) is 9. The van der Waals surface area contributed by atoms with Crippen molar-refractivity contribution in [2.24, 2.45) is 0 Å². The number of aromatic hydroxyl groups is 5. The molecule has 0 radical (unpaired) electrons. The summed E-state index contributed by atoms with van der Waals surface area (Å²) in [5.41, 5.74) is -0.862. The molecule has 3 rings (SSSR count). The zero-order valence-electron chi connectivity index (χ0n) is 17.0. The standard InChI is InChI=1S/C20H20O14/c21-8-2-7(3-9(22)13(8)24)19(31)32-5-12-15(26)16(27)17(28)20(34-12)33-11-4-6(18(29)30)1-10(23)14(11)25/h1-4,12,15-17,20-28H,5H2,(H,29,30)/t12-,15-,16-,17-,20-/m1/s1. The lowest BCUT2D eigenvalue weighted by molar-refractivity contribution is -0.277. The van der Waals surface area contributed by atoms with Gasteiger partial charge in [0.1, 0.15) is 31.0 Å². The average Bonchev–Trinajstić information content (AvgIpc) is 2.78. The summed E-state index contributed by atoms with van der Waals surface area (Å²) >= 11 is 0. The van der Waals surface area contributed by atoms with Gasteiger partial charge in [0.2, 0.25) is 12.0 Å². The molecule has 5 atom stereocenters. The first-order valence-electron chi connectivity index (χ1n) is 9.48. The smallest absolute Gasteiger partial charge is 0.338 e. The lowest BCUT2D eigenvalue weighted by atomic mass is 9.99. The highest BCUT2D eigenvalue weighted by Crippen LogP contribution is 2.39. The fourth-order valence-electron chi connectivity index (χ4n) is 3.05. The number of aliphatic hydroxyl groups is 3. The van der Waals surface area contributed by atoms with Crippen molar-refractivity contribution in [2.45, 2.75) is 30.7 Å². The van der Waals surface area contributed by atoms with Crippen LogP contribution in [-0.4, -0.2) is 95.2 Å². The molecule has 2 aromatic carbocycles. The van der Waals surface area contributed by atoms with E-state index in [1.807, 2.05) is 0 Å². The van der Waals surface area contributed by atoms with Crippen LogP contribution in [0.25, 0.3) is 0 Å². The number of carboxylic acids is 1. The number of carbonyl (C=O) groups is 2. The summed E-state index contributed by atoms with van der Waals surface area (Å²) in [6.45, 7) is -0.738. The quantitative estimate of drug-likeness (QED) is 0.176. The monoisotopic (exact) mass is 484 g/mol. The molecule has 2 aromatic rings. The molecule has 9 N–H and O–H groups in total. The van der Waals surface area contributed by atoms with Crippen LogP contribution in [0.15, 0.2) is 24.3 Å². The molecule has 0 aromatic heterocycles. The molecule has 1 heterocycles. The van der Waals surface area contributed by atoms with E-state index in [4.69, 9.17) is 19.3 Å². The van der Waals surface area contributed by atoms with Gasteiger partial charge in [0.25, 0.3) is 0 Å². The predicted octanol–water partition coefficient (Wildman–Crippen LogP) is -1.04. The number of aliphatic hydroxyl groups excluding tert-OH is 3. The van der Waals surface area contributed by atoms with Gasteiger partial charge in [-0.05, 0) is 24.3 Å². The van der Waals surface area contributed by atoms with Crippen molar-refractivity contribution in [1.82, 2.24) is 0 Å². The summed E-state index contributed by atoms with van der Waals surface area (Å²) in [5, 5.41) is 87.4. The van der Waals surface area contributed by atoms with Gasteiger partial charge in [-0.2, -0.15) is 0 Å². The van der Waals surface area contributed by atoms with Gasteiger partial charge in [-0.15, -0.1) is 0 Å². The number of hydrogen-bond acceptors (Lipinski definition) is 13. The number of phenolic OH excluding ortho intramolecular Hbond substituents is 5. The van der Waals surface area contributed by atoms with Crippen LogP contribution >= 0.6 is 0 Å². The second-order valence-electron chi connectivity index (χ2n) is 7.24. The lowest BCUT2D eigenvalue weighted by Gasteiger charge is -2.39. The Balaban J connectivity index is 1.75. The van der Waals surface area contributed by atoms with Crippen LogP contribution in [0, 0.1) is 0 Å². The first-order valence-corrected chi connectivity index (χ1v) is 9.48. The van der Waals surface area contributed by atoms with E-state index >= 15 is 0 Å². The molecular weight excluding hydrogens is 464 g/mol. The molecule has 0 saturated carbocycles. The Labute approximate surface area is 189 Å². The van der Waals surface area contributed by atoms with E-state index in [1.54, 1.807) is 0 Å². The summed E-state index contributed by atoms with van der Waals surface area (Å²) in [4.78, 5) is 23.3. The van der Waals surface area contributed by atoms with Gasteiger partial charge in [-0.3, -0.25) is 0 Å². The molecule has 14 nitrogen and oxygen atoms in total. The first-order chi connectivity index (χ1) is 15.9. The molecule has 0 aliphatic carbocycles. The van der Waals surface area contributed by atoms with Gasteiger partial charge in [-0.25, -0.2) is 9.59 Å². The van der Waals surface area contributed by atoms with Gasteiger partial charge in [-0.1, -0.05) is 0 Å². The third-order valence-electron chi connectivity index (χ3n) is 4.90. The molecule has 1 aliphatic heterocycles. The van der Waals surface area contributed by atoms with Crippen molar-refractivity contribution in [3.05, 3.63) is 35.4 Å². The van der Waals surface area contributed by atoms with Gasteiger partial charge in [0.05, 0.1) is 11.1 Å². The van der Waals surface area contributed by atoms with Crippen LogP contribution in [0.1, 0.15) is 20.7 Å². The largest absolute Gasteiger partial charge is 0.504 e. The Bertz CT molecular complexity index is 1080. The fraction of sp³-hybridized carbons (Fsp3) is 0.300. The predicted molar refractivity (Wildman–Crippen MR) is 106 cm³/mol. The highest BCUT2D eigenvalue weighted by Gasteiger charge is 2.46. The number of esters is 1. The third kappa shape index (κ3) is 4.84. The molecule has 34 heavy (non-hydrogen) atoms. The lowest BCUT2D eigenvalue weighted by Crippen LogP contribution is -2.60. The van der Waals surface area contributed by atoms with Crippen molar-refractivity contribution in [2.75, 3.05) is 6.61 Å². The molecule has 1 fully saturated rings. The first kappa shape index (κ1) is 24.7. The Morgan fingerprint density at radius 1 is 0.794 bits per heavy atom. The summed E-state index contributed by atoms with van der Waals surface area (Å²) in [5.74, 6) is -7.45.